The van der Waals surface area contributed by atoms with Crippen molar-refractivity contribution in [2.24, 2.45) is 0 Å². The Labute approximate surface area is 71.1 Å². The molecule has 1 N–H and O–H groups in total. The molecule has 7 heteroatoms. The van der Waals surface area contributed by atoms with E-state index in [-0.39, 0.29) is 0 Å². The van der Waals surface area contributed by atoms with Crippen LogP contribution in [0.1, 0.15) is 6.92 Å². The predicted octanol–water partition coefficient (Wildman–Crippen LogP) is -0.717. The molecule has 0 fully saturated rings. The van der Waals surface area contributed by atoms with Crippen LogP contribution in [-0.2, 0) is 19.4 Å². The van der Waals surface area contributed by atoms with Gasteiger partial charge in [-0.15, -0.1) is 0 Å². The van der Waals surface area contributed by atoms with Gasteiger partial charge in [-0.05, 0) is 6.92 Å². The van der Waals surface area contributed by atoms with Crippen molar-refractivity contribution in [3.05, 3.63) is 0 Å². The first kappa shape index (κ1) is 11.3. The molecule has 72 valence electrons. The molecule has 1 amide bonds. The lowest BCUT2D eigenvalue weighted by Gasteiger charge is -2.14. The molecule has 6 nitrogen and oxygen atoms in total. The van der Waals surface area contributed by atoms with E-state index in [0.29, 0.717) is 0 Å². The molecular weight excluding hydrogens is 186 g/mol. The summed E-state index contributed by atoms with van der Waals surface area (Å²) in [6, 6.07) is 0. The van der Waals surface area contributed by atoms with Gasteiger partial charge in [0, 0.05) is 14.1 Å². The summed E-state index contributed by atoms with van der Waals surface area (Å²) in [5.41, 5.74) is 0. The highest BCUT2D eigenvalue weighted by Crippen LogP contribution is 1.99. The average Bonchev–Trinajstić information content (AvgIpc) is 1.82. The highest BCUT2D eigenvalue weighted by atomic mass is 32.3. The minimum Gasteiger partial charge on any atom is -0.347 e. The van der Waals surface area contributed by atoms with Gasteiger partial charge in [0.2, 0.25) is 0 Å². The molecule has 0 aliphatic rings. The Bertz CT molecular complexity index is 257. The van der Waals surface area contributed by atoms with Crippen molar-refractivity contribution in [3.63, 3.8) is 0 Å². The SMILES string of the molecule is CC(OS(=O)(=O)O)C(=O)N(C)C. The van der Waals surface area contributed by atoms with Crippen LogP contribution in [0.25, 0.3) is 0 Å². The third-order valence-corrected chi connectivity index (χ3v) is 1.59. The molecule has 0 aliphatic carbocycles. The maximum Gasteiger partial charge on any atom is 0.398 e. The van der Waals surface area contributed by atoms with Crippen LogP contribution in [0.5, 0.6) is 0 Å². The summed E-state index contributed by atoms with van der Waals surface area (Å²) < 4.78 is 32.5. The van der Waals surface area contributed by atoms with E-state index in [1.165, 1.54) is 21.0 Å². The molecule has 0 radical (unpaired) electrons. The topological polar surface area (TPSA) is 83.9 Å². The van der Waals surface area contributed by atoms with Crippen LogP contribution >= 0.6 is 0 Å². The fourth-order valence-corrected chi connectivity index (χ4v) is 1.03. The zero-order valence-electron chi connectivity index (χ0n) is 7.01. The number of carbonyl (C=O) groups excluding carboxylic acids is 1. The molecule has 0 saturated carbocycles. The number of rotatable bonds is 3. The lowest BCUT2D eigenvalue weighted by Crippen LogP contribution is -2.34. The zero-order chi connectivity index (χ0) is 9.94. The van der Waals surface area contributed by atoms with Gasteiger partial charge < -0.3 is 4.90 Å². The molecule has 0 aromatic carbocycles. The van der Waals surface area contributed by atoms with Crippen molar-refractivity contribution in [2.75, 3.05) is 14.1 Å². The molecule has 12 heavy (non-hydrogen) atoms. The second-order valence-corrected chi connectivity index (χ2v) is 3.45. The van der Waals surface area contributed by atoms with Crippen LogP contribution in [0.15, 0.2) is 0 Å². The normalized spacial score (nSPS) is 14.0. The first-order valence-electron chi connectivity index (χ1n) is 3.11. The highest BCUT2D eigenvalue weighted by molar-refractivity contribution is 7.80. The summed E-state index contributed by atoms with van der Waals surface area (Å²) in [4.78, 5) is 12.1. The molecular formula is C5H11NO5S. The second-order valence-electron chi connectivity index (χ2n) is 2.40. The number of likely N-dealkylation sites (N-methyl/N-ethyl adjacent to an activating group) is 1. The van der Waals surface area contributed by atoms with Gasteiger partial charge in [-0.3, -0.25) is 9.35 Å². The van der Waals surface area contributed by atoms with Crippen molar-refractivity contribution >= 4 is 16.3 Å². The third kappa shape index (κ3) is 4.27. The standard InChI is InChI=1S/C5H11NO5S/c1-4(5(7)6(2)3)11-12(8,9)10/h4H,1-3H3,(H,8,9,10). The van der Waals surface area contributed by atoms with Gasteiger partial charge in [0.15, 0.2) is 6.10 Å². The molecule has 0 bridgehead atoms. The monoisotopic (exact) mass is 197 g/mol. The number of amides is 1. The van der Waals surface area contributed by atoms with Gasteiger partial charge in [-0.25, -0.2) is 4.18 Å². The van der Waals surface area contributed by atoms with Crippen LogP contribution in [0.4, 0.5) is 0 Å². The predicted molar refractivity (Wildman–Crippen MR) is 40.8 cm³/mol. The number of hydrogen-bond acceptors (Lipinski definition) is 4. The minimum absolute atomic E-state index is 0.535. The van der Waals surface area contributed by atoms with Crippen LogP contribution in [0.2, 0.25) is 0 Å². The Morgan fingerprint density at radius 1 is 1.50 bits per heavy atom. The summed E-state index contributed by atoms with van der Waals surface area (Å²) in [5, 5.41) is 0. The van der Waals surface area contributed by atoms with Gasteiger partial charge in [-0.2, -0.15) is 8.42 Å². The van der Waals surface area contributed by atoms with Crippen LogP contribution in [-0.4, -0.2) is 44.0 Å². The van der Waals surface area contributed by atoms with Crippen LogP contribution < -0.4 is 0 Å². The first-order chi connectivity index (χ1) is 5.24. The van der Waals surface area contributed by atoms with Crippen molar-refractivity contribution < 1.29 is 21.9 Å². The molecule has 0 saturated heterocycles. The van der Waals surface area contributed by atoms with E-state index in [1.54, 1.807) is 0 Å². The van der Waals surface area contributed by atoms with Crippen molar-refractivity contribution in [3.8, 4) is 0 Å². The molecule has 0 rings (SSSR count). The second kappa shape index (κ2) is 3.83. The summed E-state index contributed by atoms with van der Waals surface area (Å²) in [7, 11) is -1.65. The number of hydrogen-bond donors (Lipinski definition) is 1. The van der Waals surface area contributed by atoms with Crippen molar-refractivity contribution in [1.82, 2.24) is 4.90 Å². The Balaban J connectivity index is 4.24. The smallest absolute Gasteiger partial charge is 0.347 e. The number of nitrogens with zero attached hydrogens (tertiary/aromatic N) is 1. The van der Waals surface area contributed by atoms with Crippen molar-refractivity contribution in [2.45, 2.75) is 13.0 Å². The van der Waals surface area contributed by atoms with E-state index in [4.69, 9.17) is 4.55 Å². The molecule has 0 spiro atoms. The van der Waals surface area contributed by atoms with Gasteiger partial charge in [0.1, 0.15) is 0 Å². The molecule has 0 heterocycles. The maximum absolute atomic E-state index is 10.9. The Morgan fingerprint density at radius 2 is 1.92 bits per heavy atom. The Morgan fingerprint density at radius 3 is 2.17 bits per heavy atom. The molecule has 0 aromatic heterocycles. The van der Waals surface area contributed by atoms with E-state index in [2.05, 4.69) is 4.18 Å². The van der Waals surface area contributed by atoms with E-state index >= 15 is 0 Å². The molecule has 1 atom stereocenters. The van der Waals surface area contributed by atoms with Crippen LogP contribution in [0, 0.1) is 0 Å². The van der Waals surface area contributed by atoms with E-state index < -0.39 is 22.4 Å². The van der Waals surface area contributed by atoms with Crippen molar-refractivity contribution in [1.29, 1.82) is 0 Å². The van der Waals surface area contributed by atoms with E-state index in [0.717, 1.165) is 4.90 Å². The van der Waals surface area contributed by atoms with Crippen LogP contribution in [0.3, 0.4) is 0 Å². The summed E-state index contributed by atoms with van der Waals surface area (Å²) >= 11 is 0. The Hall–Kier alpha value is -0.660. The molecule has 0 aliphatic heterocycles. The van der Waals surface area contributed by atoms with E-state index in [9.17, 15) is 13.2 Å². The molecule has 1 unspecified atom stereocenters. The summed E-state index contributed by atoms with van der Waals surface area (Å²) in [6.45, 7) is 1.23. The fourth-order valence-electron chi connectivity index (χ4n) is 0.587. The van der Waals surface area contributed by atoms with Gasteiger partial charge >= 0.3 is 10.4 Å². The van der Waals surface area contributed by atoms with Gasteiger partial charge in [-0.1, -0.05) is 0 Å². The minimum atomic E-state index is -4.55. The fraction of sp³-hybridized carbons (Fsp3) is 0.800. The quantitative estimate of drug-likeness (QED) is 0.604. The molecule has 0 aromatic rings. The first-order valence-corrected chi connectivity index (χ1v) is 4.47. The number of carbonyl (C=O) groups is 1. The lowest BCUT2D eigenvalue weighted by molar-refractivity contribution is -0.135. The van der Waals surface area contributed by atoms with Gasteiger partial charge in [0.05, 0.1) is 0 Å². The largest absolute Gasteiger partial charge is 0.398 e. The zero-order valence-corrected chi connectivity index (χ0v) is 7.83. The van der Waals surface area contributed by atoms with Gasteiger partial charge in [0.25, 0.3) is 5.91 Å². The third-order valence-electron chi connectivity index (χ3n) is 1.05. The summed E-state index contributed by atoms with van der Waals surface area (Å²) in [5.74, 6) is -0.535. The lowest BCUT2D eigenvalue weighted by atomic mass is 10.4. The average molecular weight is 197 g/mol. The summed E-state index contributed by atoms with van der Waals surface area (Å²) in [6.07, 6.45) is -1.20. The Kier molecular flexibility index (Phi) is 3.62. The maximum atomic E-state index is 10.9. The highest BCUT2D eigenvalue weighted by Gasteiger charge is 2.20. The van der Waals surface area contributed by atoms with E-state index in [1.807, 2.05) is 0 Å².